The van der Waals surface area contributed by atoms with Crippen molar-refractivity contribution < 1.29 is 28.6 Å². The average molecular weight is 809 g/mol. The maximum Gasteiger partial charge on any atom is 0.120 e. The Morgan fingerprint density at radius 2 is 1.60 bits per heavy atom. The fourth-order valence-electron chi connectivity index (χ4n) is 5.63. The fraction of sp³-hybridized carbons (Fsp3) is 0.122. The summed E-state index contributed by atoms with van der Waals surface area (Å²) in [6.07, 6.45) is 1.92. The van der Waals surface area contributed by atoms with Gasteiger partial charge < -0.3 is 14.0 Å². The van der Waals surface area contributed by atoms with Gasteiger partial charge in [-0.05, 0) is 34.6 Å². The Balaban J connectivity index is 0.000000182. The summed E-state index contributed by atoms with van der Waals surface area (Å²) in [6, 6.07) is 46.3. The standard InChI is InChI=1S/C26H17N2O.C15H18NSi.Ir/c1-2-9-18(10-3-1)17-28-23-15-6-5-14-22(23)27-26(28)21-13-8-12-20-19-11-4-7-16-24(19)29-25(20)21;1-12-5-7-13(8-6-12)15-10-9-14(11-16-15)17(2,3)4;/h1-12,14-16H,17H2;5-7,9-11H,1-4H3;/q2*-1;/i;1D3;. The molecule has 8 aromatic rings. The predicted molar refractivity (Wildman–Crippen MR) is 193 cm³/mol. The molecule has 0 amide bonds. The molecule has 8 rings (SSSR count). The average Bonchev–Trinajstić information content (AvgIpc) is 3.67. The van der Waals surface area contributed by atoms with Crippen LogP contribution in [0, 0.1) is 19.0 Å². The number of hydrogen-bond acceptors (Lipinski definition) is 3. The first kappa shape index (κ1) is 28.6. The van der Waals surface area contributed by atoms with Gasteiger partial charge in [0.25, 0.3) is 0 Å². The number of aromatic nitrogens is 3. The van der Waals surface area contributed by atoms with Crippen LogP contribution in [-0.2, 0) is 26.7 Å². The van der Waals surface area contributed by atoms with E-state index >= 15 is 0 Å². The van der Waals surface area contributed by atoms with Gasteiger partial charge in [-0.25, -0.2) is 0 Å². The second-order valence-electron chi connectivity index (χ2n) is 12.4. The van der Waals surface area contributed by atoms with E-state index in [1.54, 1.807) is 12.1 Å². The molecule has 6 heteroatoms. The second-order valence-corrected chi connectivity index (χ2v) is 17.4. The van der Waals surface area contributed by atoms with Crippen molar-refractivity contribution in [2.75, 3.05) is 0 Å². The van der Waals surface area contributed by atoms with Gasteiger partial charge in [-0.1, -0.05) is 110 Å². The first-order valence-corrected chi connectivity index (χ1v) is 18.9. The summed E-state index contributed by atoms with van der Waals surface area (Å²) in [6.45, 7) is 5.49. The minimum Gasteiger partial charge on any atom is -0.501 e. The van der Waals surface area contributed by atoms with E-state index in [1.807, 2.05) is 48.7 Å². The Kier molecular flexibility index (Phi) is 8.29. The van der Waals surface area contributed by atoms with Gasteiger partial charge in [0.15, 0.2) is 0 Å². The van der Waals surface area contributed by atoms with Crippen molar-refractivity contribution in [3.05, 3.63) is 151 Å². The largest absolute Gasteiger partial charge is 0.501 e. The zero-order valence-corrected chi connectivity index (χ0v) is 29.8. The van der Waals surface area contributed by atoms with Gasteiger partial charge in [0, 0.05) is 42.3 Å². The van der Waals surface area contributed by atoms with Crippen LogP contribution >= 0.6 is 0 Å². The molecular weight excluding hydrogens is 771 g/mol. The zero-order chi connectivity index (χ0) is 34.2. The third kappa shape index (κ3) is 6.77. The molecule has 0 saturated carbocycles. The van der Waals surface area contributed by atoms with E-state index in [2.05, 4.69) is 102 Å². The van der Waals surface area contributed by atoms with Crippen molar-refractivity contribution in [3.63, 3.8) is 0 Å². The van der Waals surface area contributed by atoms with Crippen molar-refractivity contribution in [1.82, 2.24) is 14.5 Å². The van der Waals surface area contributed by atoms with Gasteiger partial charge in [-0.2, -0.15) is 0 Å². The molecule has 0 aliphatic heterocycles. The van der Waals surface area contributed by atoms with Gasteiger partial charge >= 0.3 is 0 Å². The predicted octanol–water partition coefficient (Wildman–Crippen LogP) is 9.85. The number of nitrogens with zero attached hydrogens (tertiary/aromatic N) is 3. The number of furan rings is 1. The molecule has 3 aromatic heterocycles. The number of imidazole rings is 1. The number of aryl methyl sites for hydroxylation is 1. The molecule has 0 fully saturated rings. The van der Waals surface area contributed by atoms with Crippen molar-refractivity contribution in [3.8, 4) is 22.6 Å². The number of pyridine rings is 1. The summed E-state index contributed by atoms with van der Waals surface area (Å²) in [7, 11) is -1.34. The van der Waals surface area contributed by atoms with Crippen LogP contribution < -0.4 is 5.19 Å². The van der Waals surface area contributed by atoms with Crippen LogP contribution in [0.1, 0.15) is 15.2 Å². The minimum atomic E-state index is -2.08. The van der Waals surface area contributed by atoms with Crippen molar-refractivity contribution in [2.24, 2.45) is 0 Å². The van der Waals surface area contributed by atoms with Gasteiger partial charge in [0.2, 0.25) is 0 Å². The normalized spacial score (nSPS) is 12.5. The SMILES string of the molecule is [2H]C([2H])([2H])c1c[c-]c(-c2ccc([Si](C)(C)C)cn2)cc1.[Ir].[c-]1ccc2c(oc3ccccc32)c1-c1nc2ccccc2n1Cc1ccccc1. The van der Waals surface area contributed by atoms with Crippen LogP contribution in [-0.4, -0.2) is 22.6 Å². The molecule has 0 spiro atoms. The van der Waals surface area contributed by atoms with E-state index < -0.39 is 14.9 Å². The monoisotopic (exact) mass is 809 g/mol. The van der Waals surface area contributed by atoms with E-state index in [9.17, 15) is 0 Å². The van der Waals surface area contributed by atoms with Crippen LogP contribution in [0.4, 0.5) is 0 Å². The van der Waals surface area contributed by atoms with Crippen LogP contribution in [0.2, 0.25) is 19.6 Å². The molecule has 235 valence electrons. The fourth-order valence-corrected chi connectivity index (χ4v) is 6.67. The van der Waals surface area contributed by atoms with E-state index in [-0.39, 0.29) is 20.1 Å². The maximum absolute atomic E-state index is 7.35. The van der Waals surface area contributed by atoms with E-state index in [1.165, 1.54) is 16.8 Å². The molecule has 3 heterocycles. The van der Waals surface area contributed by atoms with E-state index in [0.717, 1.165) is 62.2 Å². The number of benzene rings is 5. The Bertz CT molecular complexity index is 2320. The Morgan fingerprint density at radius 3 is 2.34 bits per heavy atom. The molecule has 0 N–H and O–H groups in total. The molecule has 0 aliphatic carbocycles. The van der Waals surface area contributed by atoms with Crippen LogP contribution in [0.3, 0.4) is 0 Å². The Morgan fingerprint density at radius 1 is 0.809 bits per heavy atom. The van der Waals surface area contributed by atoms with Crippen LogP contribution in [0.15, 0.2) is 132 Å². The summed E-state index contributed by atoms with van der Waals surface area (Å²) < 4.78 is 30.5. The third-order valence-electron chi connectivity index (χ3n) is 8.12. The van der Waals surface area contributed by atoms with Gasteiger partial charge in [0.1, 0.15) is 5.58 Å². The van der Waals surface area contributed by atoms with Crippen LogP contribution in [0.5, 0.6) is 0 Å². The molecule has 0 bridgehead atoms. The summed E-state index contributed by atoms with van der Waals surface area (Å²) in [4.78, 5) is 9.44. The van der Waals surface area contributed by atoms with Crippen molar-refractivity contribution >= 4 is 46.2 Å². The molecule has 0 saturated heterocycles. The number of hydrogen-bond donors (Lipinski definition) is 0. The van der Waals surface area contributed by atoms with Crippen LogP contribution in [0.25, 0.3) is 55.6 Å². The van der Waals surface area contributed by atoms with Crippen molar-refractivity contribution in [1.29, 1.82) is 0 Å². The van der Waals surface area contributed by atoms with Crippen molar-refractivity contribution in [2.45, 2.75) is 33.0 Å². The molecule has 0 aliphatic rings. The minimum absolute atomic E-state index is 0. The zero-order valence-electron chi connectivity index (χ0n) is 29.4. The topological polar surface area (TPSA) is 43.9 Å². The molecule has 0 atom stereocenters. The smallest absolute Gasteiger partial charge is 0.120 e. The van der Waals surface area contributed by atoms with E-state index in [4.69, 9.17) is 13.5 Å². The molecule has 0 unspecified atom stereocenters. The number of fused-ring (bicyclic) bond motifs is 4. The molecule has 1 radical (unpaired) electrons. The maximum atomic E-state index is 7.35. The van der Waals surface area contributed by atoms with Gasteiger partial charge in [-0.15, -0.1) is 53.6 Å². The second kappa shape index (κ2) is 13.6. The van der Waals surface area contributed by atoms with Gasteiger partial charge in [-0.3, -0.25) is 4.98 Å². The first-order chi connectivity index (χ1) is 23.6. The number of para-hydroxylation sites is 3. The Labute approximate surface area is 294 Å². The summed E-state index contributed by atoms with van der Waals surface area (Å²) in [5.41, 5.74) is 7.86. The summed E-state index contributed by atoms with van der Waals surface area (Å²) >= 11 is 0. The Hall–Kier alpha value is -4.61. The van der Waals surface area contributed by atoms with Gasteiger partial charge in [0.05, 0.1) is 30.5 Å². The molecule has 4 nitrogen and oxygen atoms in total. The summed E-state index contributed by atoms with van der Waals surface area (Å²) in [5, 5.41) is 3.51. The summed E-state index contributed by atoms with van der Waals surface area (Å²) in [5.74, 6) is 0.875. The third-order valence-corrected chi connectivity index (χ3v) is 10.1. The number of rotatable bonds is 5. The first-order valence-electron chi connectivity index (χ1n) is 16.9. The molecular formula is C41H35IrN3OSi-2. The quantitative estimate of drug-likeness (QED) is 0.129. The van der Waals surface area contributed by atoms with E-state index in [0.29, 0.717) is 5.56 Å². The molecule has 47 heavy (non-hydrogen) atoms. The molecule has 5 aromatic carbocycles.